The Kier molecular flexibility index (Phi) is 4.54. The number of carbonyl (C=O) groups is 1. The number of amides is 1. The Balaban J connectivity index is 1.87. The van der Waals surface area contributed by atoms with E-state index in [2.05, 4.69) is 15.9 Å². The maximum Gasteiger partial charge on any atom is 0.255 e. The Bertz CT molecular complexity index is 704. The Labute approximate surface area is 141 Å². The summed E-state index contributed by atoms with van der Waals surface area (Å²) in [5, 5.41) is -0.00929. The van der Waals surface area contributed by atoms with E-state index in [0.29, 0.717) is 17.7 Å². The molecule has 1 heterocycles. The number of thioether (sulfide) groups is 1. The zero-order chi connectivity index (χ0) is 15.7. The van der Waals surface area contributed by atoms with Gasteiger partial charge in [0, 0.05) is 22.3 Å². The maximum absolute atomic E-state index is 13.7. The van der Waals surface area contributed by atoms with Crippen LogP contribution < -0.4 is 0 Å². The molecule has 1 atom stereocenters. The fourth-order valence-electron chi connectivity index (χ4n) is 2.47. The van der Waals surface area contributed by atoms with Gasteiger partial charge in [0.15, 0.2) is 0 Å². The summed E-state index contributed by atoms with van der Waals surface area (Å²) in [4.78, 5) is 14.5. The van der Waals surface area contributed by atoms with Crippen molar-refractivity contribution in [2.45, 2.75) is 12.3 Å². The number of hydrogen-bond acceptors (Lipinski definition) is 2. The zero-order valence-electron chi connectivity index (χ0n) is 12.1. The second kappa shape index (κ2) is 6.42. The Hall–Kier alpha value is -1.33. The van der Waals surface area contributed by atoms with Gasteiger partial charge < -0.3 is 4.90 Å². The van der Waals surface area contributed by atoms with Crippen molar-refractivity contribution in [2.24, 2.45) is 0 Å². The lowest BCUT2D eigenvalue weighted by atomic mass is 10.1. The van der Waals surface area contributed by atoms with Gasteiger partial charge in [0.05, 0.1) is 0 Å². The highest BCUT2D eigenvalue weighted by atomic mass is 79.9. The van der Waals surface area contributed by atoms with E-state index < -0.39 is 0 Å². The molecule has 0 saturated carbocycles. The molecule has 3 rings (SSSR count). The van der Waals surface area contributed by atoms with Gasteiger partial charge in [-0.1, -0.05) is 34.1 Å². The van der Waals surface area contributed by atoms with Crippen LogP contribution in [-0.4, -0.2) is 23.1 Å². The van der Waals surface area contributed by atoms with Crippen molar-refractivity contribution in [2.75, 3.05) is 12.3 Å². The standard InChI is InChI=1S/C17H15BrFNOS/c1-11-2-3-13(10-15(11)19)16(21)20-8-9-22-17(20)12-4-6-14(18)7-5-12/h2-7,10,17H,8-9H2,1H3. The molecule has 0 spiro atoms. The third-order valence-corrected chi connectivity index (χ3v) is 5.52. The molecule has 0 aromatic heterocycles. The van der Waals surface area contributed by atoms with Gasteiger partial charge in [0.25, 0.3) is 5.91 Å². The molecule has 114 valence electrons. The highest BCUT2D eigenvalue weighted by Crippen LogP contribution is 2.39. The lowest BCUT2D eigenvalue weighted by Crippen LogP contribution is -2.30. The lowest BCUT2D eigenvalue weighted by Gasteiger charge is -2.24. The van der Waals surface area contributed by atoms with E-state index in [-0.39, 0.29) is 17.1 Å². The summed E-state index contributed by atoms with van der Waals surface area (Å²) in [6, 6.07) is 12.7. The molecule has 1 fully saturated rings. The van der Waals surface area contributed by atoms with Crippen LogP contribution >= 0.6 is 27.7 Å². The van der Waals surface area contributed by atoms with E-state index in [0.717, 1.165) is 15.8 Å². The molecular formula is C17H15BrFNOS. The molecule has 0 aliphatic carbocycles. The van der Waals surface area contributed by atoms with Gasteiger partial charge >= 0.3 is 0 Å². The predicted molar refractivity (Wildman–Crippen MR) is 91.5 cm³/mol. The first-order valence-corrected chi connectivity index (χ1v) is 8.84. The minimum absolute atomic E-state index is 0.00929. The van der Waals surface area contributed by atoms with Crippen LogP contribution in [0.1, 0.15) is 26.9 Å². The molecule has 1 unspecified atom stereocenters. The SMILES string of the molecule is Cc1ccc(C(=O)N2CCSC2c2ccc(Br)cc2)cc1F. The molecule has 2 aromatic rings. The number of carbonyl (C=O) groups excluding carboxylic acids is 1. The van der Waals surface area contributed by atoms with E-state index in [9.17, 15) is 9.18 Å². The number of hydrogen-bond donors (Lipinski definition) is 0. The summed E-state index contributed by atoms with van der Waals surface area (Å²) in [6.45, 7) is 2.37. The van der Waals surface area contributed by atoms with E-state index in [1.54, 1.807) is 30.8 Å². The number of aryl methyl sites for hydroxylation is 1. The van der Waals surface area contributed by atoms with Crippen molar-refractivity contribution in [3.8, 4) is 0 Å². The van der Waals surface area contributed by atoms with E-state index >= 15 is 0 Å². The highest BCUT2D eigenvalue weighted by molar-refractivity contribution is 9.10. The summed E-state index contributed by atoms with van der Waals surface area (Å²) in [6.07, 6.45) is 0. The molecule has 5 heteroatoms. The molecule has 0 N–H and O–H groups in total. The van der Waals surface area contributed by atoms with Crippen LogP contribution in [-0.2, 0) is 0 Å². The summed E-state index contributed by atoms with van der Waals surface area (Å²) in [5.41, 5.74) is 2.05. The molecule has 0 bridgehead atoms. The van der Waals surface area contributed by atoms with Gasteiger partial charge in [0.1, 0.15) is 11.2 Å². The zero-order valence-corrected chi connectivity index (χ0v) is 14.5. The van der Waals surface area contributed by atoms with Crippen LogP contribution in [0.5, 0.6) is 0 Å². The first kappa shape index (κ1) is 15.6. The lowest BCUT2D eigenvalue weighted by molar-refractivity contribution is 0.0760. The number of rotatable bonds is 2. The third-order valence-electron chi connectivity index (χ3n) is 3.73. The molecule has 1 aliphatic rings. The number of benzene rings is 2. The first-order chi connectivity index (χ1) is 10.6. The Morgan fingerprint density at radius 1 is 1.27 bits per heavy atom. The van der Waals surface area contributed by atoms with Crippen molar-refractivity contribution in [3.63, 3.8) is 0 Å². The van der Waals surface area contributed by atoms with Crippen LogP contribution in [0.3, 0.4) is 0 Å². The average Bonchev–Trinajstić information content (AvgIpc) is 2.99. The van der Waals surface area contributed by atoms with Gasteiger partial charge in [0.2, 0.25) is 0 Å². The van der Waals surface area contributed by atoms with E-state index in [1.165, 1.54) is 6.07 Å². The molecule has 2 aromatic carbocycles. The summed E-state index contributed by atoms with van der Waals surface area (Å²) >= 11 is 5.16. The first-order valence-electron chi connectivity index (χ1n) is 7.00. The third kappa shape index (κ3) is 3.06. The van der Waals surface area contributed by atoms with E-state index in [4.69, 9.17) is 0 Å². The highest BCUT2D eigenvalue weighted by Gasteiger charge is 2.31. The molecule has 2 nitrogen and oxygen atoms in total. The fraction of sp³-hybridized carbons (Fsp3) is 0.235. The summed E-state index contributed by atoms with van der Waals surface area (Å²) in [7, 11) is 0. The van der Waals surface area contributed by atoms with Gasteiger partial charge in [-0.05, 0) is 42.3 Å². The van der Waals surface area contributed by atoms with Crippen molar-refractivity contribution >= 4 is 33.6 Å². The second-order valence-electron chi connectivity index (χ2n) is 5.24. The molecule has 1 amide bonds. The van der Waals surface area contributed by atoms with Crippen LogP contribution in [0.4, 0.5) is 4.39 Å². The smallest absolute Gasteiger partial charge is 0.255 e. The van der Waals surface area contributed by atoms with Gasteiger partial charge in [-0.15, -0.1) is 11.8 Å². The van der Waals surface area contributed by atoms with Crippen molar-refractivity contribution in [3.05, 3.63) is 69.4 Å². The fourth-order valence-corrected chi connectivity index (χ4v) is 3.99. The molecule has 22 heavy (non-hydrogen) atoms. The maximum atomic E-state index is 13.7. The number of halogens is 2. The van der Waals surface area contributed by atoms with Gasteiger partial charge in [-0.25, -0.2) is 4.39 Å². The average molecular weight is 380 g/mol. The van der Waals surface area contributed by atoms with Crippen molar-refractivity contribution < 1.29 is 9.18 Å². The van der Waals surface area contributed by atoms with Crippen molar-refractivity contribution in [1.29, 1.82) is 0 Å². The quantitative estimate of drug-likeness (QED) is 0.747. The number of nitrogens with zero attached hydrogens (tertiary/aromatic N) is 1. The molecular weight excluding hydrogens is 365 g/mol. The minimum Gasteiger partial charge on any atom is -0.322 e. The van der Waals surface area contributed by atoms with Crippen LogP contribution in [0.15, 0.2) is 46.9 Å². The monoisotopic (exact) mass is 379 g/mol. The van der Waals surface area contributed by atoms with E-state index in [1.807, 2.05) is 29.2 Å². The van der Waals surface area contributed by atoms with Crippen molar-refractivity contribution in [1.82, 2.24) is 4.90 Å². The molecule has 1 aliphatic heterocycles. The normalized spacial score (nSPS) is 17.8. The largest absolute Gasteiger partial charge is 0.322 e. The van der Waals surface area contributed by atoms with Crippen LogP contribution in [0, 0.1) is 12.7 Å². The minimum atomic E-state index is -0.335. The Morgan fingerprint density at radius 2 is 2.00 bits per heavy atom. The van der Waals surface area contributed by atoms with Gasteiger partial charge in [-0.3, -0.25) is 4.79 Å². The van der Waals surface area contributed by atoms with Crippen LogP contribution in [0.2, 0.25) is 0 Å². The summed E-state index contributed by atoms with van der Waals surface area (Å²) < 4.78 is 14.7. The van der Waals surface area contributed by atoms with Crippen LogP contribution in [0.25, 0.3) is 0 Å². The Morgan fingerprint density at radius 3 is 2.68 bits per heavy atom. The molecule has 1 saturated heterocycles. The van der Waals surface area contributed by atoms with Gasteiger partial charge in [-0.2, -0.15) is 0 Å². The summed E-state index contributed by atoms with van der Waals surface area (Å²) in [5.74, 6) is 0.440. The molecule has 0 radical (unpaired) electrons. The second-order valence-corrected chi connectivity index (χ2v) is 7.34. The topological polar surface area (TPSA) is 20.3 Å². The predicted octanol–water partition coefficient (Wildman–Crippen LogP) is 4.78.